The minimum absolute atomic E-state index is 0.700. The van der Waals surface area contributed by atoms with E-state index in [0.29, 0.717) is 6.04 Å². The fourth-order valence-electron chi connectivity index (χ4n) is 3.97. The van der Waals surface area contributed by atoms with Crippen LogP contribution in [0.5, 0.6) is 0 Å². The molecule has 2 unspecified atom stereocenters. The summed E-state index contributed by atoms with van der Waals surface area (Å²) in [7, 11) is 0. The van der Waals surface area contributed by atoms with Crippen molar-refractivity contribution >= 4 is 11.3 Å². The largest absolute Gasteiger partial charge is 0.310 e. The molecule has 2 atom stereocenters. The molecule has 1 aromatic heterocycles. The van der Waals surface area contributed by atoms with Crippen LogP contribution in [-0.2, 0) is 0 Å². The molecule has 1 saturated carbocycles. The standard InChI is InChI=1S/C17H28N2S/c1-2-9-19-12-14(17-8-5-10-20-17)11-16(13-19)18-15-6-3-4-7-15/h5,8,10,14-16,18H,2-4,6-7,9,11-13H2,1H3. The molecule has 1 saturated heterocycles. The molecule has 2 aliphatic rings. The molecule has 1 aromatic rings. The van der Waals surface area contributed by atoms with Crippen molar-refractivity contribution < 1.29 is 0 Å². The van der Waals surface area contributed by atoms with Crippen molar-refractivity contribution in [2.24, 2.45) is 0 Å². The van der Waals surface area contributed by atoms with Gasteiger partial charge in [-0.3, -0.25) is 0 Å². The fraction of sp³-hybridized carbons (Fsp3) is 0.765. The van der Waals surface area contributed by atoms with Gasteiger partial charge in [-0.2, -0.15) is 0 Å². The van der Waals surface area contributed by atoms with Crippen LogP contribution in [0.1, 0.15) is 56.2 Å². The minimum atomic E-state index is 0.700. The van der Waals surface area contributed by atoms with Crippen molar-refractivity contribution in [2.75, 3.05) is 19.6 Å². The Balaban J connectivity index is 1.63. The van der Waals surface area contributed by atoms with Gasteiger partial charge in [-0.05, 0) is 43.7 Å². The van der Waals surface area contributed by atoms with Gasteiger partial charge in [0.2, 0.25) is 0 Å². The molecule has 0 radical (unpaired) electrons. The summed E-state index contributed by atoms with van der Waals surface area (Å²) in [5.41, 5.74) is 0. The van der Waals surface area contributed by atoms with Gasteiger partial charge in [-0.1, -0.05) is 25.8 Å². The van der Waals surface area contributed by atoms with Crippen molar-refractivity contribution in [3.05, 3.63) is 22.4 Å². The molecule has 112 valence electrons. The summed E-state index contributed by atoms with van der Waals surface area (Å²) in [5, 5.41) is 6.19. The maximum atomic E-state index is 3.96. The van der Waals surface area contributed by atoms with E-state index in [1.807, 2.05) is 11.3 Å². The monoisotopic (exact) mass is 292 g/mol. The maximum absolute atomic E-state index is 3.96. The molecule has 1 aliphatic carbocycles. The molecule has 3 rings (SSSR count). The average Bonchev–Trinajstić information content (AvgIpc) is 3.11. The molecule has 20 heavy (non-hydrogen) atoms. The van der Waals surface area contributed by atoms with E-state index in [-0.39, 0.29) is 0 Å². The van der Waals surface area contributed by atoms with E-state index in [2.05, 4.69) is 34.7 Å². The number of nitrogens with one attached hydrogen (secondary N) is 1. The summed E-state index contributed by atoms with van der Waals surface area (Å²) >= 11 is 1.94. The second-order valence-electron chi connectivity index (χ2n) is 6.55. The van der Waals surface area contributed by atoms with Crippen molar-refractivity contribution in [3.8, 4) is 0 Å². The minimum Gasteiger partial charge on any atom is -0.310 e. The molecule has 2 nitrogen and oxygen atoms in total. The van der Waals surface area contributed by atoms with E-state index in [4.69, 9.17) is 0 Å². The molecule has 1 N–H and O–H groups in total. The van der Waals surface area contributed by atoms with E-state index < -0.39 is 0 Å². The van der Waals surface area contributed by atoms with Crippen LogP contribution < -0.4 is 5.32 Å². The lowest BCUT2D eigenvalue weighted by Crippen LogP contribution is -2.50. The highest BCUT2D eigenvalue weighted by Crippen LogP contribution is 2.31. The molecule has 2 heterocycles. The van der Waals surface area contributed by atoms with Crippen LogP contribution in [0.2, 0.25) is 0 Å². The van der Waals surface area contributed by atoms with Crippen molar-refractivity contribution in [3.63, 3.8) is 0 Å². The Hall–Kier alpha value is -0.380. The van der Waals surface area contributed by atoms with Gasteiger partial charge in [0.25, 0.3) is 0 Å². The van der Waals surface area contributed by atoms with Gasteiger partial charge in [0.15, 0.2) is 0 Å². The first-order valence-electron chi connectivity index (χ1n) is 8.37. The molecule has 0 spiro atoms. The van der Waals surface area contributed by atoms with Gasteiger partial charge in [0.1, 0.15) is 0 Å². The molecule has 1 aliphatic heterocycles. The molecular weight excluding hydrogens is 264 g/mol. The first-order valence-corrected chi connectivity index (χ1v) is 9.25. The third-order valence-corrected chi connectivity index (χ3v) is 5.87. The Bertz CT molecular complexity index is 384. The predicted molar refractivity (Wildman–Crippen MR) is 87.6 cm³/mol. The van der Waals surface area contributed by atoms with Gasteiger partial charge in [-0.25, -0.2) is 0 Å². The number of nitrogens with zero attached hydrogens (tertiary/aromatic N) is 1. The quantitative estimate of drug-likeness (QED) is 0.887. The van der Waals surface area contributed by atoms with Gasteiger partial charge in [0, 0.05) is 36.0 Å². The van der Waals surface area contributed by atoms with E-state index in [0.717, 1.165) is 12.0 Å². The zero-order chi connectivity index (χ0) is 13.8. The summed E-state index contributed by atoms with van der Waals surface area (Å²) in [6.07, 6.45) is 8.25. The van der Waals surface area contributed by atoms with E-state index >= 15 is 0 Å². The van der Waals surface area contributed by atoms with Crippen LogP contribution in [0.3, 0.4) is 0 Å². The lowest BCUT2D eigenvalue weighted by Gasteiger charge is -2.39. The predicted octanol–water partition coefficient (Wildman–Crippen LogP) is 3.85. The Morgan fingerprint density at radius 1 is 1.25 bits per heavy atom. The normalized spacial score (nSPS) is 29.1. The highest BCUT2D eigenvalue weighted by Gasteiger charge is 2.30. The zero-order valence-corrected chi connectivity index (χ0v) is 13.5. The summed E-state index contributed by atoms with van der Waals surface area (Å²) in [4.78, 5) is 4.27. The topological polar surface area (TPSA) is 15.3 Å². The maximum Gasteiger partial charge on any atom is 0.0204 e. The van der Waals surface area contributed by atoms with Crippen LogP contribution in [0.25, 0.3) is 0 Å². The van der Waals surface area contributed by atoms with Gasteiger partial charge in [-0.15, -0.1) is 11.3 Å². The third kappa shape index (κ3) is 3.63. The van der Waals surface area contributed by atoms with Crippen LogP contribution in [-0.4, -0.2) is 36.6 Å². The summed E-state index contributed by atoms with van der Waals surface area (Å²) in [6.45, 7) is 6.07. The van der Waals surface area contributed by atoms with Gasteiger partial charge in [0.05, 0.1) is 0 Å². The fourth-order valence-corrected chi connectivity index (χ4v) is 4.80. The average molecular weight is 292 g/mol. The summed E-state index contributed by atoms with van der Waals surface area (Å²) in [5.74, 6) is 0.745. The smallest absolute Gasteiger partial charge is 0.0204 e. The highest BCUT2D eigenvalue weighted by molar-refractivity contribution is 7.10. The lowest BCUT2D eigenvalue weighted by atomic mass is 9.92. The highest BCUT2D eigenvalue weighted by atomic mass is 32.1. The number of thiophene rings is 1. The number of hydrogen-bond acceptors (Lipinski definition) is 3. The van der Waals surface area contributed by atoms with Gasteiger partial charge < -0.3 is 10.2 Å². The molecule has 0 amide bonds. The Morgan fingerprint density at radius 3 is 2.80 bits per heavy atom. The van der Waals surface area contributed by atoms with Crippen molar-refractivity contribution in [2.45, 2.75) is 63.5 Å². The second kappa shape index (κ2) is 7.06. The number of hydrogen-bond donors (Lipinski definition) is 1. The first kappa shape index (κ1) is 14.6. The van der Waals surface area contributed by atoms with Crippen molar-refractivity contribution in [1.82, 2.24) is 10.2 Å². The zero-order valence-electron chi connectivity index (χ0n) is 12.7. The number of piperidine rings is 1. The SMILES string of the molecule is CCCN1CC(NC2CCCC2)CC(c2cccs2)C1. The van der Waals surface area contributed by atoms with Crippen LogP contribution in [0.4, 0.5) is 0 Å². The lowest BCUT2D eigenvalue weighted by molar-refractivity contribution is 0.165. The molecule has 2 fully saturated rings. The molecule has 3 heteroatoms. The second-order valence-corrected chi connectivity index (χ2v) is 7.53. The Kier molecular flexibility index (Phi) is 5.14. The van der Waals surface area contributed by atoms with Crippen molar-refractivity contribution in [1.29, 1.82) is 0 Å². The molecule has 0 aromatic carbocycles. The Morgan fingerprint density at radius 2 is 2.10 bits per heavy atom. The van der Waals surface area contributed by atoms with Crippen LogP contribution >= 0.6 is 11.3 Å². The summed E-state index contributed by atoms with van der Waals surface area (Å²) in [6, 6.07) is 6.03. The molecule has 0 bridgehead atoms. The van der Waals surface area contributed by atoms with Crippen LogP contribution in [0.15, 0.2) is 17.5 Å². The molecular formula is C17H28N2S. The first-order chi connectivity index (χ1) is 9.85. The van der Waals surface area contributed by atoms with Crippen LogP contribution in [0, 0.1) is 0 Å². The Labute approximate surface area is 127 Å². The van der Waals surface area contributed by atoms with E-state index in [9.17, 15) is 0 Å². The van der Waals surface area contributed by atoms with E-state index in [1.54, 1.807) is 4.88 Å². The van der Waals surface area contributed by atoms with E-state index in [1.165, 1.54) is 58.2 Å². The summed E-state index contributed by atoms with van der Waals surface area (Å²) < 4.78 is 0. The third-order valence-electron chi connectivity index (χ3n) is 4.84. The van der Waals surface area contributed by atoms with Gasteiger partial charge >= 0.3 is 0 Å². The number of likely N-dealkylation sites (tertiary alicyclic amines) is 1. The number of rotatable bonds is 5.